The van der Waals surface area contributed by atoms with Gasteiger partial charge in [0.1, 0.15) is 0 Å². The van der Waals surface area contributed by atoms with E-state index in [1.807, 2.05) is 6.92 Å². The average Bonchev–Trinajstić information content (AvgIpc) is 2.94. The Morgan fingerprint density at radius 1 is 0.951 bits per heavy atom. The highest BCUT2D eigenvalue weighted by atomic mass is 35.5. The predicted octanol–water partition coefficient (Wildman–Crippen LogP) is 6.49. The molecule has 0 aliphatic heterocycles. The van der Waals surface area contributed by atoms with Gasteiger partial charge in [-0.1, -0.05) is 49.4 Å². The Morgan fingerprint density at radius 2 is 1.54 bits per heavy atom. The van der Waals surface area contributed by atoms with E-state index in [1.165, 1.54) is 41.4 Å². The number of rotatable bonds is 11. The number of nitrogens with zero attached hydrogens (tertiary/aromatic N) is 3. The van der Waals surface area contributed by atoms with Crippen molar-refractivity contribution in [2.75, 3.05) is 18.0 Å². The molecule has 0 fully saturated rings. The molecule has 1 aromatic heterocycles. The molecule has 0 N–H and O–H groups in total. The lowest BCUT2D eigenvalue weighted by Crippen LogP contribution is -2.44. The molecule has 0 saturated heterocycles. The molecule has 6 nitrogen and oxygen atoms in total. The summed E-state index contributed by atoms with van der Waals surface area (Å²) in [4.78, 5) is 17.0. The first kappa shape index (κ1) is 31.9. The molecule has 0 atom stereocenters. The van der Waals surface area contributed by atoms with Crippen LogP contribution in [0.15, 0.2) is 71.8 Å². The molecule has 13 heteroatoms. The summed E-state index contributed by atoms with van der Waals surface area (Å²) in [5.74, 6) is -13.4. The van der Waals surface area contributed by atoms with Crippen LogP contribution in [0.5, 0.6) is 0 Å². The second-order valence-electron chi connectivity index (χ2n) is 8.83. The van der Waals surface area contributed by atoms with Gasteiger partial charge in [-0.05, 0) is 48.7 Å². The maximum absolute atomic E-state index is 14.7. The Labute approximate surface area is 239 Å². The van der Waals surface area contributed by atoms with Gasteiger partial charge in [0.05, 0.1) is 25.0 Å². The molecule has 0 aliphatic rings. The number of carbonyl (C=O) groups is 1. The third kappa shape index (κ3) is 7.19. The van der Waals surface area contributed by atoms with Crippen LogP contribution in [0.1, 0.15) is 24.6 Å². The summed E-state index contributed by atoms with van der Waals surface area (Å²) in [6.07, 6.45) is 5.25. The van der Waals surface area contributed by atoms with Crippen molar-refractivity contribution in [3.05, 3.63) is 112 Å². The second kappa shape index (κ2) is 13.4. The summed E-state index contributed by atoms with van der Waals surface area (Å²) in [6, 6.07) is 8.75. The topological polar surface area (TPSA) is 70.6 Å². The van der Waals surface area contributed by atoms with Crippen molar-refractivity contribution in [1.29, 1.82) is 0 Å². The Bertz CT molecular complexity index is 1550. The number of hydrogen-bond acceptors (Lipinski definition) is 4. The molecule has 0 bridgehead atoms. The van der Waals surface area contributed by atoms with Gasteiger partial charge in [-0.25, -0.2) is 30.4 Å². The quantitative estimate of drug-likeness (QED) is 0.107. The lowest BCUT2D eigenvalue weighted by molar-refractivity contribution is -0.118. The van der Waals surface area contributed by atoms with Crippen LogP contribution in [-0.2, 0) is 21.4 Å². The van der Waals surface area contributed by atoms with Crippen molar-refractivity contribution in [3.8, 4) is 0 Å². The Kier molecular flexibility index (Phi) is 10.4. The van der Waals surface area contributed by atoms with Crippen LogP contribution in [-0.4, -0.2) is 36.7 Å². The van der Waals surface area contributed by atoms with Crippen molar-refractivity contribution < 1.29 is 35.2 Å². The van der Waals surface area contributed by atoms with E-state index in [9.17, 15) is 35.2 Å². The monoisotopic (exact) mass is 613 g/mol. The lowest BCUT2D eigenvalue weighted by Gasteiger charge is -2.28. The van der Waals surface area contributed by atoms with Gasteiger partial charge in [-0.15, -0.1) is 0 Å². The molecular weight excluding hydrogens is 589 g/mol. The molecule has 0 unspecified atom stereocenters. The highest BCUT2D eigenvalue weighted by molar-refractivity contribution is 7.89. The Balaban J connectivity index is 2.15. The largest absolute Gasteiger partial charge is 0.305 e. The Hall–Kier alpha value is -3.61. The van der Waals surface area contributed by atoms with Crippen molar-refractivity contribution in [2.24, 2.45) is 0 Å². The van der Waals surface area contributed by atoms with Crippen molar-refractivity contribution in [1.82, 2.24) is 9.29 Å². The van der Waals surface area contributed by atoms with E-state index in [2.05, 4.69) is 11.6 Å². The van der Waals surface area contributed by atoms with Gasteiger partial charge in [0, 0.05) is 17.3 Å². The zero-order chi connectivity index (χ0) is 30.5. The number of aryl methyl sites for hydroxylation is 1. The molecule has 218 valence electrons. The van der Waals surface area contributed by atoms with E-state index >= 15 is 0 Å². The maximum Gasteiger partial charge on any atom is 0.249 e. The van der Waals surface area contributed by atoms with E-state index in [1.54, 1.807) is 25.1 Å². The smallest absolute Gasteiger partial charge is 0.249 e. The molecule has 1 amide bonds. The lowest BCUT2D eigenvalue weighted by atomic mass is 10.2. The summed E-state index contributed by atoms with van der Waals surface area (Å²) in [5.41, 5.74) is 1.72. The van der Waals surface area contributed by atoms with Gasteiger partial charge in [0.15, 0.2) is 28.2 Å². The van der Waals surface area contributed by atoms with E-state index in [-0.39, 0.29) is 22.8 Å². The number of pyridine rings is 1. The standard InChI is InChI=1S/C28H25ClF5N3O3S/c1-4-6-18(5-2)15-37(21-12-7-17(3)35-13-21)22(38)16-36(14-19-8-10-20(29)11-9-19)41(39,40)28-26(33)24(31)23(30)25(32)27(28)34/h5-13H,2,4,14-16H2,1,3H3/b18-6+. The van der Waals surface area contributed by atoms with Gasteiger partial charge < -0.3 is 4.90 Å². The van der Waals surface area contributed by atoms with Crippen LogP contribution in [0.4, 0.5) is 27.6 Å². The summed E-state index contributed by atoms with van der Waals surface area (Å²) in [6.45, 7) is 5.52. The van der Waals surface area contributed by atoms with Gasteiger partial charge in [-0.3, -0.25) is 9.78 Å². The molecule has 3 rings (SSSR count). The zero-order valence-corrected chi connectivity index (χ0v) is 23.5. The van der Waals surface area contributed by atoms with Crippen LogP contribution in [0, 0.1) is 36.0 Å². The molecule has 3 aromatic rings. The first-order chi connectivity index (χ1) is 19.3. The minimum Gasteiger partial charge on any atom is -0.305 e. The maximum atomic E-state index is 14.7. The highest BCUT2D eigenvalue weighted by Gasteiger charge is 2.38. The van der Waals surface area contributed by atoms with Crippen LogP contribution in [0.3, 0.4) is 0 Å². The molecule has 1 heterocycles. The fourth-order valence-corrected chi connectivity index (χ4v) is 5.41. The number of sulfonamides is 1. The van der Waals surface area contributed by atoms with E-state index < -0.39 is 63.0 Å². The molecule has 0 aliphatic carbocycles. The number of aromatic nitrogens is 1. The molecule has 0 spiro atoms. The molecule has 0 radical (unpaired) electrons. The third-order valence-corrected chi connectivity index (χ3v) is 7.99. The fourth-order valence-electron chi connectivity index (χ4n) is 3.80. The van der Waals surface area contributed by atoms with Crippen molar-refractivity contribution in [3.63, 3.8) is 0 Å². The summed E-state index contributed by atoms with van der Waals surface area (Å²) in [5, 5.41) is 0.289. The van der Waals surface area contributed by atoms with Gasteiger partial charge >= 0.3 is 0 Å². The summed E-state index contributed by atoms with van der Waals surface area (Å²) < 4.78 is 98.5. The van der Waals surface area contributed by atoms with Gasteiger partial charge in [0.2, 0.25) is 21.7 Å². The van der Waals surface area contributed by atoms with E-state index in [4.69, 9.17) is 11.6 Å². The number of allylic oxidation sites excluding steroid dienone is 1. The van der Waals surface area contributed by atoms with Gasteiger partial charge in [0.25, 0.3) is 0 Å². The average molecular weight is 614 g/mol. The van der Waals surface area contributed by atoms with E-state index in [0.717, 1.165) is 0 Å². The van der Waals surface area contributed by atoms with Crippen LogP contribution in [0.2, 0.25) is 5.02 Å². The van der Waals surface area contributed by atoms with Crippen LogP contribution in [0.25, 0.3) is 0 Å². The normalized spacial score (nSPS) is 12.1. The predicted molar refractivity (Wildman–Crippen MR) is 145 cm³/mol. The third-order valence-electron chi connectivity index (χ3n) is 5.93. The number of amides is 1. The number of anilines is 1. The highest BCUT2D eigenvalue weighted by Crippen LogP contribution is 2.30. The van der Waals surface area contributed by atoms with Crippen LogP contribution >= 0.6 is 11.6 Å². The number of hydrogen-bond donors (Lipinski definition) is 0. The molecule has 41 heavy (non-hydrogen) atoms. The van der Waals surface area contributed by atoms with Crippen molar-refractivity contribution in [2.45, 2.75) is 31.7 Å². The number of carbonyl (C=O) groups excluding carboxylic acids is 1. The second-order valence-corrected chi connectivity index (χ2v) is 11.1. The molecular formula is C28H25ClF5N3O3S. The summed E-state index contributed by atoms with van der Waals surface area (Å²) >= 11 is 5.89. The minimum absolute atomic E-state index is 0.0712. The SMILES string of the molecule is C=C/C(=C\CC)CN(C(=O)CN(Cc1ccc(Cl)cc1)S(=O)(=O)c1c(F)c(F)c(F)c(F)c1F)c1ccc(C)nc1. The first-order valence-electron chi connectivity index (χ1n) is 12.1. The van der Waals surface area contributed by atoms with E-state index in [0.29, 0.717) is 22.0 Å². The molecule has 0 saturated carbocycles. The molecule has 2 aromatic carbocycles. The minimum atomic E-state index is -5.49. The summed E-state index contributed by atoms with van der Waals surface area (Å²) in [7, 11) is -5.49. The van der Waals surface area contributed by atoms with Crippen LogP contribution < -0.4 is 4.90 Å². The Morgan fingerprint density at radius 3 is 2.05 bits per heavy atom. The fraction of sp³-hybridized carbons (Fsp3) is 0.214. The zero-order valence-electron chi connectivity index (χ0n) is 22.0. The number of halogens is 6. The van der Waals surface area contributed by atoms with Gasteiger partial charge in [-0.2, -0.15) is 4.31 Å². The number of benzene rings is 2. The first-order valence-corrected chi connectivity index (χ1v) is 13.9. The van der Waals surface area contributed by atoms with Crippen molar-refractivity contribution >= 4 is 33.2 Å².